The van der Waals surface area contributed by atoms with Gasteiger partial charge in [-0.25, -0.2) is 0 Å². The van der Waals surface area contributed by atoms with E-state index in [0.717, 1.165) is 41.3 Å². The predicted molar refractivity (Wildman–Crippen MR) is 127 cm³/mol. The summed E-state index contributed by atoms with van der Waals surface area (Å²) in [7, 11) is 0. The van der Waals surface area contributed by atoms with E-state index in [-0.39, 0.29) is 5.75 Å². The van der Waals surface area contributed by atoms with Crippen molar-refractivity contribution in [2.24, 2.45) is 0 Å². The van der Waals surface area contributed by atoms with Gasteiger partial charge in [0.15, 0.2) is 0 Å². The highest BCUT2D eigenvalue weighted by Gasteiger charge is 2.22. The lowest BCUT2D eigenvalue weighted by molar-refractivity contribution is 0.0887. The Balaban J connectivity index is 1.27. The Labute approximate surface area is 186 Å². The van der Waals surface area contributed by atoms with Gasteiger partial charge in [-0.05, 0) is 51.7 Å². The molecule has 0 aliphatic carbocycles. The first-order chi connectivity index (χ1) is 15.7. The molecule has 0 saturated heterocycles. The van der Waals surface area contributed by atoms with Crippen molar-refractivity contribution in [3.8, 4) is 17.2 Å². The van der Waals surface area contributed by atoms with Gasteiger partial charge >= 0.3 is 0 Å². The second-order valence-corrected chi connectivity index (χ2v) is 8.40. The lowest BCUT2D eigenvalue weighted by Crippen LogP contribution is -2.31. The zero-order valence-electron chi connectivity index (χ0n) is 17.6. The maximum atomic E-state index is 9.56. The third-order valence-electron chi connectivity index (χ3n) is 6.21. The van der Waals surface area contributed by atoms with Gasteiger partial charge in [0, 0.05) is 30.3 Å². The van der Waals surface area contributed by atoms with Crippen molar-refractivity contribution in [3.63, 3.8) is 0 Å². The fourth-order valence-electron chi connectivity index (χ4n) is 4.57. The molecular formula is C28H23NO3. The molecule has 0 aromatic heterocycles. The first kappa shape index (κ1) is 19.0. The van der Waals surface area contributed by atoms with Gasteiger partial charge in [-0.2, -0.15) is 0 Å². The molecule has 4 heteroatoms. The number of fused-ring (bicyclic) bond motifs is 3. The maximum Gasteiger partial charge on any atom is 0.142 e. The lowest BCUT2D eigenvalue weighted by Gasteiger charge is -2.30. The SMILES string of the molecule is Oc1ccc(C2=Cc3cc4c(cc3OC2)OCN(Cc2cccc3ccccc23)C4)cc1. The largest absolute Gasteiger partial charge is 0.508 e. The van der Waals surface area contributed by atoms with E-state index in [1.165, 1.54) is 21.9 Å². The first-order valence-corrected chi connectivity index (χ1v) is 10.8. The number of phenols is 1. The zero-order chi connectivity index (χ0) is 21.5. The highest BCUT2D eigenvalue weighted by atomic mass is 16.5. The van der Waals surface area contributed by atoms with Crippen molar-refractivity contribution in [1.82, 2.24) is 4.90 Å². The van der Waals surface area contributed by atoms with Crippen LogP contribution >= 0.6 is 0 Å². The van der Waals surface area contributed by atoms with Crippen molar-refractivity contribution in [3.05, 3.63) is 101 Å². The average Bonchev–Trinajstić information content (AvgIpc) is 2.83. The van der Waals surface area contributed by atoms with Crippen molar-refractivity contribution in [2.75, 3.05) is 13.3 Å². The number of benzene rings is 4. The number of ether oxygens (including phenoxy) is 2. The second kappa shape index (κ2) is 7.74. The molecule has 1 N–H and O–H groups in total. The summed E-state index contributed by atoms with van der Waals surface area (Å²) in [5, 5.41) is 12.1. The van der Waals surface area contributed by atoms with Gasteiger partial charge in [0.25, 0.3) is 0 Å². The summed E-state index contributed by atoms with van der Waals surface area (Å²) >= 11 is 0. The molecule has 0 unspecified atom stereocenters. The molecule has 2 aliphatic rings. The molecular weight excluding hydrogens is 398 g/mol. The Morgan fingerprint density at radius 2 is 1.69 bits per heavy atom. The van der Waals surface area contributed by atoms with Crippen LogP contribution in [0, 0.1) is 0 Å². The molecule has 0 radical (unpaired) electrons. The molecule has 0 bridgehead atoms. The quantitative estimate of drug-likeness (QED) is 0.452. The van der Waals surface area contributed by atoms with Gasteiger partial charge in [-0.15, -0.1) is 0 Å². The number of hydrogen-bond donors (Lipinski definition) is 1. The van der Waals surface area contributed by atoms with Crippen molar-refractivity contribution in [2.45, 2.75) is 13.1 Å². The monoisotopic (exact) mass is 421 g/mol. The minimum Gasteiger partial charge on any atom is -0.508 e. The minimum absolute atomic E-state index is 0.268. The minimum atomic E-state index is 0.268. The van der Waals surface area contributed by atoms with Crippen LogP contribution in [0.4, 0.5) is 0 Å². The fraction of sp³-hybridized carbons (Fsp3) is 0.143. The number of rotatable bonds is 3. The summed E-state index contributed by atoms with van der Waals surface area (Å²) < 4.78 is 12.1. The smallest absolute Gasteiger partial charge is 0.142 e. The van der Waals surface area contributed by atoms with E-state index in [2.05, 4.69) is 59.5 Å². The van der Waals surface area contributed by atoms with E-state index >= 15 is 0 Å². The number of aromatic hydroxyl groups is 1. The highest BCUT2D eigenvalue weighted by molar-refractivity contribution is 5.87. The van der Waals surface area contributed by atoms with Gasteiger partial charge in [0.2, 0.25) is 0 Å². The molecule has 0 fully saturated rings. The van der Waals surface area contributed by atoms with Crippen LogP contribution in [0.3, 0.4) is 0 Å². The number of nitrogens with zero attached hydrogens (tertiary/aromatic N) is 1. The molecule has 32 heavy (non-hydrogen) atoms. The second-order valence-electron chi connectivity index (χ2n) is 8.40. The Bertz CT molecular complexity index is 1340. The first-order valence-electron chi connectivity index (χ1n) is 10.8. The van der Waals surface area contributed by atoms with Crippen LogP contribution < -0.4 is 9.47 Å². The third kappa shape index (κ3) is 3.49. The normalized spacial score (nSPS) is 15.3. The van der Waals surface area contributed by atoms with E-state index < -0.39 is 0 Å². The number of hydrogen-bond acceptors (Lipinski definition) is 4. The molecule has 6 rings (SSSR count). The summed E-state index contributed by atoms with van der Waals surface area (Å²) in [4.78, 5) is 2.32. The third-order valence-corrected chi connectivity index (χ3v) is 6.21. The Morgan fingerprint density at radius 1 is 0.844 bits per heavy atom. The molecule has 158 valence electrons. The van der Waals surface area contributed by atoms with E-state index in [4.69, 9.17) is 9.47 Å². The van der Waals surface area contributed by atoms with Gasteiger partial charge in [-0.3, -0.25) is 4.90 Å². The summed E-state index contributed by atoms with van der Waals surface area (Å²) in [5.41, 5.74) is 5.70. The molecule has 0 atom stereocenters. The summed E-state index contributed by atoms with van der Waals surface area (Å²) in [5.74, 6) is 2.03. The summed E-state index contributed by atoms with van der Waals surface area (Å²) in [6.45, 7) is 2.73. The molecule has 2 aliphatic heterocycles. The van der Waals surface area contributed by atoms with Gasteiger partial charge in [-0.1, -0.05) is 54.6 Å². The van der Waals surface area contributed by atoms with Crippen LogP contribution in [0.15, 0.2) is 78.9 Å². The predicted octanol–water partition coefficient (Wildman–Crippen LogP) is 5.83. The van der Waals surface area contributed by atoms with Crippen molar-refractivity contribution in [1.29, 1.82) is 0 Å². The van der Waals surface area contributed by atoms with Gasteiger partial charge in [0.05, 0.1) is 0 Å². The van der Waals surface area contributed by atoms with Crippen LogP contribution in [0.25, 0.3) is 22.4 Å². The molecule has 4 aromatic rings. The van der Waals surface area contributed by atoms with Crippen molar-refractivity contribution < 1.29 is 14.6 Å². The van der Waals surface area contributed by atoms with E-state index in [1.54, 1.807) is 12.1 Å². The van der Waals surface area contributed by atoms with Gasteiger partial charge < -0.3 is 14.6 Å². The topological polar surface area (TPSA) is 41.9 Å². The molecule has 0 saturated carbocycles. The molecule has 4 nitrogen and oxygen atoms in total. The van der Waals surface area contributed by atoms with E-state index in [0.29, 0.717) is 13.3 Å². The molecule has 0 amide bonds. The van der Waals surface area contributed by atoms with Crippen LogP contribution in [-0.2, 0) is 13.1 Å². The number of phenolic OH excluding ortho intramolecular Hbond substituents is 1. The fourth-order valence-corrected chi connectivity index (χ4v) is 4.57. The molecule has 0 spiro atoms. The Morgan fingerprint density at radius 3 is 2.59 bits per heavy atom. The van der Waals surface area contributed by atoms with E-state index in [9.17, 15) is 5.11 Å². The Kier molecular flexibility index (Phi) is 4.58. The van der Waals surface area contributed by atoms with Crippen LogP contribution in [0.5, 0.6) is 17.2 Å². The van der Waals surface area contributed by atoms with Crippen LogP contribution in [-0.4, -0.2) is 23.3 Å². The maximum absolute atomic E-state index is 9.56. The molecule has 4 aromatic carbocycles. The highest BCUT2D eigenvalue weighted by Crippen LogP contribution is 2.38. The Hall–Kier alpha value is -3.76. The standard InChI is InChI=1S/C28H23NO3/c30-25-10-8-19(9-11-25)24-13-22-12-23-16-29(18-32-28(23)14-27(22)31-17-24)15-21-6-3-5-20-4-1-2-7-26(20)21/h1-14,30H,15-18H2. The van der Waals surface area contributed by atoms with Gasteiger partial charge in [0.1, 0.15) is 30.6 Å². The van der Waals surface area contributed by atoms with Crippen molar-refractivity contribution >= 4 is 22.4 Å². The summed E-state index contributed by atoms with van der Waals surface area (Å²) in [6.07, 6.45) is 2.18. The molecule has 2 heterocycles. The summed E-state index contributed by atoms with van der Waals surface area (Å²) in [6, 6.07) is 26.5. The zero-order valence-corrected chi connectivity index (χ0v) is 17.6. The van der Waals surface area contributed by atoms with Crippen LogP contribution in [0.1, 0.15) is 22.3 Å². The van der Waals surface area contributed by atoms with E-state index in [1.807, 2.05) is 18.2 Å². The van der Waals surface area contributed by atoms with Crippen LogP contribution in [0.2, 0.25) is 0 Å². The lowest BCUT2D eigenvalue weighted by atomic mass is 9.98. The average molecular weight is 421 g/mol.